The smallest absolute Gasteiger partial charge is 0.260 e. The van der Waals surface area contributed by atoms with Crippen molar-refractivity contribution in [2.45, 2.75) is 39.1 Å². The van der Waals surface area contributed by atoms with Crippen LogP contribution in [0.3, 0.4) is 0 Å². The number of thiazole rings is 1. The van der Waals surface area contributed by atoms with Gasteiger partial charge in [0.05, 0.1) is 27.4 Å². The first-order valence-electron chi connectivity index (χ1n) is 11.4. The molecule has 2 aromatic carbocycles. The molecule has 0 N–H and O–H groups in total. The molecule has 9 heteroatoms. The predicted molar refractivity (Wildman–Crippen MR) is 140 cm³/mol. The van der Waals surface area contributed by atoms with Gasteiger partial charge < -0.3 is 0 Å². The second-order valence-electron chi connectivity index (χ2n) is 8.18. The number of hydrogen-bond acceptors (Lipinski definition) is 6. The Morgan fingerprint density at radius 3 is 2.31 bits per heavy atom. The van der Waals surface area contributed by atoms with Crippen LogP contribution in [0.25, 0.3) is 10.2 Å². The summed E-state index contributed by atoms with van der Waals surface area (Å²) in [6.45, 7) is 8.68. The van der Waals surface area contributed by atoms with E-state index in [1.807, 2.05) is 38.1 Å². The quantitative estimate of drug-likeness (QED) is 0.327. The van der Waals surface area contributed by atoms with Crippen molar-refractivity contribution >= 4 is 42.6 Å². The minimum atomic E-state index is -3.60. The summed E-state index contributed by atoms with van der Waals surface area (Å²) in [5.74, 6) is -0.268. The van der Waals surface area contributed by atoms with Crippen LogP contribution in [-0.2, 0) is 16.6 Å². The van der Waals surface area contributed by atoms with Gasteiger partial charge >= 0.3 is 0 Å². The number of carbonyl (C=O) groups excluding carboxylic acids is 1. The Hall–Kier alpha value is -3.14. The molecule has 0 atom stereocenters. The van der Waals surface area contributed by atoms with Crippen molar-refractivity contribution in [3.05, 3.63) is 83.2 Å². The standard InChI is InChI=1S/C26H28N4O3S2/c1-5-29(6-2)35(32,33)22-13-11-20(12-14-22)25(31)30(17-21-9-7-8-16-27-21)26-28-24-19(4)18(3)10-15-23(24)34-26/h7-16H,5-6,17H2,1-4H3. The van der Waals surface area contributed by atoms with Gasteiger partial charge in [0.2, 0.25) is 10.0 Å². The van der Waals surface area contributed by atoms with Gasteiger partial charge in [-0.05, 0) is 67.4 Å². The van der Waals surface area contributed by atoms with Crippen LogP contribution in [-0.4, -0.2) is 41.7 Å². The van der Waals surface area contributed by atoms with Crippen molar-refractivity contribution in [3.8, 4) is 0 Å². The van der Waals surface area contributed by atoms with E-state index in [4.69, 9.17) is 4.98 Å². The highest BCUT2D eigenvalue weighted by molar-refractivity contribution is 7.89. The number of benzene rings is 2. The molecule has 0 spiro atoms. The van der Waals surface area contributed by atoms with Crippen molar-refractivity contribution in [1.29, 1.82) is 0 Å². The SMILES string of the molecule is CCN(CC)S(=O)(=O)c1ccc(C(=O)N(Cc2ccccn2)c2nc3c(C)c(C)ccc3s2)cc1. The molecule has 0 bridgehead atoms. The molecule has 0 saturated carbocycles. The van der Waals surface area contributed by atoms with Crippen molar-refractivity contribution in [1.82, 2.24) is 14.3 Å². The lowest BCUT2D eigenvalue weighted by atomic mass is 10.1. The number of aromatic nitrogens is 2. The van der Waals surface area contributed by atoms with Crippen molar-refractivity contribution in [2.75, 3.05) is 18.0 Å². The number of sulfonamides is 1. The normalized spacial score (nSPS) is 11.8. The molecule has 0 aliphatic carbocycles. The lowest BCUT2D eigenvalue weighted by molar-refractivity contribution is 0.0984. The van der Waals surface area contributed by atoms with E-state index in [-0.39, 0.29) is 17.3 Å². The Morgan fingerprint density at radius 2 is 1.69 bits per heavy atom. The molecule has 0 unspecified atom stereocenters. The summed E-state index contributed by atoms with van der Waals surface area (Å²) in [4.78, 5) is 24.7. The van der Waals surface area contributed by atoms with Crippen molar-refractivity contribution in [3.63, 3.8) is 0 Å². The van der Waals surface area contributed by atoms with Crippen LogP contribution < -0.4 is 4.90 Å². The first-order valence-corrected chi connectivity index (χ1v) is 13.7. The number of rotatable bonds is 8. The van der Waals surface area contributed by atoms with E-state index in [1.165, 1.54) is 27.8 Å². The number of hydrogen-bond donors (Lipinski definition) is 0. The molecule has 0 aliphatic rings. The number of carbonyl (C=O) groups is 1. The lowest BCUT2D eigenvalue weighted by Gasteiger charge is -2.21. The average Bonchev–Trinajstić information content (AvgIpc) is 3.30. The van der Waals surface area contributed by atoms with Crippen LogP contribution in [0.2, 0.25) is 0 Å². The van der Waals surface area contributed by atoms with E-state index < -0.39 is 10.0 Å². The fourth-order valence-corrected chi connectivity index (χ4v) is 6.33. The molecule has 35 heavy (non-hydrogen) atoms. The van der Waals surface area contributed by atoms with Crippen molar-refractivity contribution < 1.29 is 13.2 Å². The summed E-state index contributed by atoms with van der Waals surface area (Å²) in [6, 6.07) is 15.8. The number of fused-ring (bicyclic) bond motifs is 1. The Morgan fingerprint density at radius 1 is 0.971 bits per heavy atom. The Balaban J connectivity index is 1.73. The van der Waals surface area contributed by atoms with Gasteiger partial charge in [0.15, 0.2) is 5.13 Å². The maximum Gasteiger partial charge on any atom is 0.260 e. The van der Waals surface area contributed by atoms with E-state index in [0.29, 0.717) is 23.8 Å². The maximum atomic E-state index is 13.7. The number of pyridine rings is 1. The molecule has 2 aromatic heterocycles. The summed E-state index contributed by atoms with van der Waals surface area (Å²) >= 11 is 1.45. The lowest BCUT2D eigenvalue weighted by Crippen LogP contribution is -2.31. The molecule has 4 rings (SSSR count). The van der Waals surface area contributed by atoms with Gasteiger partial charge in [0.25, 0.3) is 5.91 Å². The second-order valence-corrected chi connectivity index (χ2v) is 11.1. The molecule has 0 saturated heterocycles. The van der Waals surface area contributed by atoms with Crippen molar-refractivity contribution in [2.24, 2.45) is 0 Å². The van der Waals surface area contributed by atoms with E-state index >= 15 is 0 Å². The second kappa shape index (κ2) is 10.2. The highest BCUT2D eigenvalue weighted by atomic mass is 32.2. The zero-order chi connectivity index (χ0) is 25.2. The molecule has 0 radical (unpaired) electrons. The molecule has 2 heterocycles. The first-order chi connectivity index (χ1) is 16.8. The number of nitrogens with zero attached hydrogens (tertiary/aromatic N) is 4. The maximum absolute atomic E-state index is 13.7. The summed E-state index contributed by atoms with van der Waals surface area (Å²) in [6.07, 6.45) is 1.69. The molecule has 0 fully saturated rings. The fourth-order valence-electron chi connectivity index (χ4n) is 3.85. The summed E-state index contributed by atoms with van der Waals surface area (Å²) in [5.41, 5.74) is 4.22. The summed E-state index contributed by atoms with van der Waals surface area (Å²) < 4.78 is 28.1. The van der Waals surface area contributed by atoms with E-state index in [9.17, 15) is 13.2 Å². The molecule has 182 valence electrons. The Labute approximate surface area is 210 Å². The third-order valence-corrected chi connectivity index (χ3v) is 9.15. The molecule has 0 aliphatic heterocycles. The van der Waals surface area contributed by atoms with Crippen LogP contribution in [0.15, 0.2) is 65.7 Å². The minimum Gasteiger partial charge on any atom is -0.278 e. The van der Waals surface area contributed by atoms with Crippen LogP contribution in [0.1, 0.15) is 41.0 Å². The topological polar surface area (TPSA) is 83.5 Å². The number of anilines is 1. The van der Waals surface area contributed by atoms with Crippen LogP contribution in [0, 0.1) is 13.8 Å². The molecular weight excluding hydrogens is 480 g/mol. The number of aryl methyl sites for hydroxylation is 2. The van der Waals surface area contributed by atoms with E-state index in [1.54, 1.807) is 37.1 Å². The Bertz CT molecular complexity index is 1450. The largest absolute Gasteiger partial charge is 0.278 e. The molecule has 4 aromatic rings. The first kappa shape index (κ1) is 25.0. The zero-order valence-electron chi connectivity index (χ0n) is 20.2. The van der Waals surface area contributed by atoms with Crippen LogP contribution >= 0.6 is 11.3 Å². The van der Waals surface area contributed by atoms with Gasteiger partial charge in [-0.25, -0.2) is 13.4 Å². The third-order valence-electron chi connectivity index (χ3n) is 6.04. The van der Waals surface area contributed by atoms with E-state index in [2.05, 4.69) is 11.1 Å². The summed E-state index contributed by atoms with van der Waals surface area (Å²) in [5, 5.41) is 0.573. The van der Waals surface area contributed by atoms with Crippen LogP contribution in [0.5, 0.6) is 0 Å². The van der Waals surface area contributed by atoms with Gasteiger partial charge in [-0.15, -0.1) is 0 Å². The van der Waals surface area contributed by atoms with Gasteiger partial charge in [0, 0.05) is 24.8 Å². The van der Waals surface area contributed by atoms with Gasteiger partial charge in [0.1, 0.15) is 0 Å². The summed E-state index contributed by atoms with van der Waals surface area (Å²) in [7, 11) is -3.60. The monoisotopic (exact) mass is 508 g/mol. The molecular formula is C26H28N4O3S2. The molecule has 7 nitrogen and oxygen atoms in total. The third kappa shape index (κ3) is 4.98. The fraction of sp³-hybridized carbons (Fsp3) is 0.269. The average molecular weight is 509 g/mol. The highest BCUT2D eigenvalue weighted by Crippen LogP contribution is 2.33. The van der Waals surface area contributed by atoms with Gasteiger partial charge in [-0.2, -0.15) is 4.31 Å². The predicted octanol–water partition coefficient (Wildman–Crippen LogP) is 5.19. The van der Waals surface area contributed by atoms with Gasteiger partial charge in [-0.1, -0.05) is 37.3 Å². The zero-order valence-corrected chi connectivity index (χ0v) is 21.9. The molecule has 1 amide bonds. The number of amides is 1. The Kier molecular flexibility index (Phi) is 7.30. The van der Waals surface area contributed by atoms with Gasteiger partial charge in [-0.3, -0.25) is 14.7 Å². The van der Waals surface area contributed by atoms with Crippen LogP contribution in [0.4, 0.5) is 5.13 Å². The minimum absolute atomic E-state index is 0.167. The highest BCUT2D eigenvalue weighted by Gasteiger charge is 2.25. The van der Waals surface area contributed by atoms with E-state index in [0.717, 1.165) is 27.0 Å².